The van der Waals surface area contributed by atoms with Crippen LogP contribution >= 0.6 is 0 Å². The molecule has 2 aliphatic rings. The third-order valence-corrected chi connectivity index (χ3v) is 6.25. The van der Waals surface area contributed by atoms with Gasteiger partial charge in [-0.2, -0.15) is 10.2 Å². The minimum Gasteiger partial charge on any atom is -0.329 e. The number of carbonyl (C=O) groups excluding carboxylic acids is 2. The fourth-order valence-corrected chi connectivity index (χ4v) is 4.57. The highest BCUT2D eigenvalue weighted by Crippen LogP contribution is 2.32. The molecule has 32 heavy (non-hydrogen) atoms. The fourth-order valence-electron chi connectivity index (χ4n) is 4.57. The van der Waals surface area contributed by atoms with Crippen LogP contribution in [0, 0.1) is 0 Å². The molecule has 5 rings (SSSR count). The van der Waals surface area contributed by atoms with E-state index < -0.39 is 0 Å². The van der Waals surface area contributed by atoms with Crippen LogP contribution in [0.2, 0.25) is 0 Å². The Morgan fingerprint density at radius 2 is 1.88 bits per heavy atom. The number of piperidine rings is 1. The second-order valence-corrected chi connectivity index (χ2v) is 8.23. The van der Waals surface area contributed by atoms with Crippen LogP contribution in [-0.4, -0.2) is 49.8 Å². The number of para-hydroxylation sites is 1. The molecule has 1 fully saturated rings. The van der Waals surface area contributed by atoms with Crippen molar-refractivity contribution in [2.24, 2.45) is 7.05 Å². The normalized spacial score (nSPS) is 18.0. The molecule has 1 aromatic carbocycles. The second-order valence-electron chi connectivity index (χ2n) is 8.23. The molecule has 3 aromatic rings. The van der Waals surface area contributed by atoms with Crippen LogP contribution < -0.4 is 10.5 Å². The van der Waals surface area contributed by atoms with E-state index in [1.165, 1.54) is 19.2 Å². The van der Waals surface area contributed by atoms with E-state index in [1.54, 1.807) is 15.9 Å². The van der Waals surface area contributed by atoms with Gasteiger partial charge < -0.3 is 9.80 Å². The average molecular weight is 432 g/mol. The first kappa shape index (κ1) is 20.2. The Labute approximate surface area is 184 Å². The molecule has 9 heteroatoms. The van der Waals surface area contributed by atoms with E-state index in [9.17, 15) is 14.4 Å². The zero-order valence-corrected chi connectivity index (χ0v) is 17.8. The topological polar surface area (TPSA) is 104 Å². The Morgan fingerprint density at radius 1 is 1.03 bits per heavy atom. The van der Waals surface area contributed by atoms with Crippen molar-refractivity contribution in [2.45, 2.75) is 31.7 Å². The van der Waals surface area contributed by atoms with E-state index in [0.717, 1.165) is 47.3 Å². The number of nitrogens with one attached hydrogen (secondary N) is 1. The third kappa shape index (κ3) is 3.49. The number of fused-ring (bicyclic) bond motifs is 1. The molecule has 0 spiro atoms. The van der Waals surface area contributed by atoms with E-state index in [0.29, 0.717) is 18.8 Å². The van der Waals surface area contributed by atoms with Crippen LogP contribution in [0.25, 0.3) is 0 Å². The first-order chi connectivity index (χ1) is 15.5. The van der Waals surface area contributed by atoms with Crippen LogP contribution in [-0.2, 0) is 13.5 Å². The molecule has 164 valence electrons. The molecule has 4 heterocycles. The number of aromatic amines is 1. The number of benzene rings is 1. The van der Waals surface area contributed by atoms with Crippen molar-refractivity contribution in [3.8, 4) is 0 Å². The van der Waals surface area contributed by atoms with Gasteiger partial charge in [0.1, 0.15) is 5.69 Å². The monoisotopic (exact) mass is 432 g/mol. The standard InChI is InChI=1S/C23H24N6O3/c1-27-21(30)10-9-16(26-27)22(31)28-12-5-4-8-20(28)17-14-18(25-24-17)23(32)29-13-11-15-6-2-3-7-19(15)29/h2-3,6-7,9-10,14,20H,4-5,8,11-13H2,1H3,(H,24,25). The Balaban J connectivity index is 1.39. The molecule has 1 N–H and O–H groups in total. The molecular weight excluding hydrogens is 408 g/mol. The maximum absolute atomic E-state index is 13.2. The minimum atomic E-state index is -0.267. The van der Waals surface area contributed by atoms with Gasteiger partial charge in [-0.3, -0.25) is 19.5 Å². The van der Waals surface area contributed by atoms with Crippen molar-refractivity contribution in [1.29, 1.82) is 0 Å². The zero-order chi connectivity index (χ0) is 22.2. The lowest BCUT2D eigenvalue weighted by Gasteiger charge is -2.34. The van der Waals surface area contributed by atoms with Gasteiger partial charge in [0.15, 0.2) is 5.69 Å². The largest absolute Gasteiger partial charge is 0.329 e. The van der Waals surface area contributed by atoms with Crippen molar-refractivity contribution in [1.82, 2.24) is 24.9 Å². The maximum atomic E-state index is 13.2. The molecular formula is C23H24N6O3. The van der Waals surface area contributed by atoms with Crippen molar-refractivity contribution < 1.29 is 9.59 Å². The SMILES string of the molecule is Cn1nc(C(=O)N2CCCCC2c2cc(C(=O)N3CCc4ccccc43)n[nH]2)ccc1=O. The summed E-state index contributed by atoms with van der Waals surface area (Å²) in [5, 5.41) is 11.4. The first-order valence-electron chi connectivity index (χ1n) is 10.8. The zero-order valence-electron chi connectivity index (χ0n) is 17.8. The van der Waals surface area contributed by atoms with Crippen LogP contribution in [0.15, 0.2) is 47.3 Å². The summed E-state index contributed by atoms with van der Waals surface area (Å²) >= 11 is 0. The summed E-state index contributed by atoms with van der Waals surface area (Å²) in [5.74, 6) is -0.382. The smallest absolute Gasteiger partial charge is 0.278 e. The van der Waals surface area contributed by atoms with E-state index in [2.05, 4.69) is 15.3 Å². The quantitative estimate of drug-likeness (QED) is 0.682. The lowest BCUT2D eigenvalue weighted by Crippen LogP contribution is -2.39. The molecule has 2 aliphatic heterocycles. The molecule has 9 nitrogen and oxygen atoms in total. The highest BCUT2D eigenvalue weighted by Gasteiger charge is 2.33. The summed E-state index contributed by atoms with van der Waals surface area (Å²) < 4.78 is 1.16. The van der Waals surface area contributed by atoms with Gasteiger partial charge in [-0.15, -0.1) is 0 Å². The Bertz CT molecular complexity index is 1250. The number of hydrogen-bond donors (Lipinski definition) is 1. The second kappa shape index (κ2) is 8.07. The average Bonchev–Trinajstić information content (AvgIpc) is 3.48. The molecule has 2 amide bonds. The number of rotatable bonds is 3. The maximum Gasteiger partial charge on any atom is 0.278 e. The van der Waals surface area contributed by atoms with Gasteiger partial charge in [-0.05, 0) is 49.4 Å². The van der Waals surface area contributed by atoms with Gasteiger partial charge in [-0.1, -0.05) is 18.2 Å². The summed E-state index contributed by atoms with van der Waals surface area (Å²) in [7, 11) is 1.52. The minimum absolute atomic E-state index is 0.147. The van der Waals surface area contributed by atoms with Crippen molar-refractivity contribution in [3.63, 3.8) is 0 Å². The van der Waals surface area contributed by atoms with Gasteiger partial charge >= 0.3 is 0 Å². The predicted octanol–water partition coefficient (Wildman–Crippen LogP) is 2.07. The summed E-state index contributed by atoms with van der Waals surface area (Å²) in [6.07, 6.45) is 3.45. The number of amides is 2. The number of likely N-dealkylation sites (tertiary alicyclic amines) is 1. The van der Waals surface area contributed by atoms with Crippen molar-refractivity contribution in [3.05, 3.63) is 75.5 Å². The van der Waals surface area contributed by atoms with Gasteiger partial charge in [0.25, 0.3) is 17.4 Å². The van der Waals surface area contributed by atoms with Gasteiger partial charge in [0.05, 0.1) is 11.7 Å². The van der Waals surface area contributed by atoms with E-state index in [-0.39, 0.29) is 29.1 Å². The Morgan fingerprint density at radius 3 is 2.72 bits per heavy atom. The van der Waals surface area contributed by atoms with Crippen LogP contribution in [0.3, 0.4) is 0 Å². The highest BCUT2D eigenvalue weighted by molar-refractivity contribution is 6.06. The highest BCUT2D eigenvalue weighted by atomic mass is 16.2. The molecule has 1 unspecified atom stereocenters. The number of carbonyl (C=O) groups is 2. The Kier molecular flexibility index (Phi) is 5.08. The van der Waals surface area contributed by atoms with Crippen LogP contribution in [0.1, 0.15) is 57.5 Å². The number of anilines is 1. The summed E-state index contributed by atoms with van der Waals surface area (Å²) in [5.41, 5.74) is 3.12. The van der Waals surface area contributed by atoms with Gasteiger partial charge in [0.2, 0.25) is 0 Å². The fraction of sp³-hybridized carbons (Fsp3) is 0.348. The van der Waals surface area contributed by atoms with Crippen LogP contribution in [0.5, 0.6) is 0 Å². The molecule has 0 bridgehead atoms. The third-order valence-electron chi connectivity index (χ3n) is 6.25. The van der Waals surface area contributed by atoms with E-state index >= 15 is 0 Å². The number of hydrogen-bond acceptors (Lipinski definition) is 5. The number of H-pyrrole nitrogens is 1. The molecule has 1 saturated heterocycles. The van der Waals surface area contributed by atoms with Crippen molar-refractivity contribution in [2.75, 3.05) is 18.0 Å². The predicted molar refractivity (Wildman–Crippen MR) is 118 cm³/mol. The molecule has 1 atom stereocenters. The first-order valence-corrected chi connectivity index (χ1v) is 10.8. The van der Waals surface area contributed by atoms with E-state index in [4.69, 9.17) is 0 Å². The molecule has 0 aliphatic carbocycles. The number of nitrogens with zero attached hydrogens (tertiary/aromatic N) is 5. The summed E-state index contributed by atoms with van der Waals surface area (Å²) in [4.78, 5) is 41.5. The molecule has 0 radical (unpaired) electrons. The van der Waals surface area contributed by atoms with Gasteiger partial charge in [-0.25, -0.2) is 4.68 Å². The lowest BCUT2D eigenvalue weighted by molar-refractivity contribution is 0.0597. The number of aryl methyl sites for hydroxylation is 1. The lowest BCUT2D eigenvalue weighted by atomic mass is 9.98. The van der Waals surface area contributed by atoms with Crippen LogP contribution in [0.4, 0.5) is 5.69 Å². The molecule has 2 aromatic heterocycles. The van der Waals surface area contributed by atoms with E-state index in [1.807, 2.05) is 24.3 Å². The van der Waals surface area contributed by atoms with Crippen molar-refractivity contribution >= 4 is 17.5 Å². The summed E-state index contributed by atoms with van der Waals surface area (Å²) in [6, 6.07) is 12.2. The molecule has 0 saturated carbocycles. The summed E-state index contributed by atoms with van der Waals surface area (Å²) in [6.45, 7) is 1.21. The van der Waals surface area contributed by atoms with Gasteiger partial charge in [0, 0.05) is 31.9 Å². The number of aromatic nitrogens is 4. The Hall–Kier alpha value is -3.75.